The third-order valence-corrected chi connectivity index (χ3v) is 6.40. The van der Waals surface area contributed by atoms with Gasteiger partial charge in [-0.2, -0.15) is 5.26 Å². The Bertz CT molecular complexity index is 1440. The molecule has 0 fully saturated rings. The average molecular weight is 527 g/mol. The van der Waals surface area contributed by atoms with Gasteiger partial charge >= 0.3 is 0 Å². The van der Waals surface area contributed by atoms with Crippen molar-refractivity contribution in [1.29, 1.82) is 5.26 Å². The molecule has 0 saturated carbocycles. The maximum atomic E-state index is 12.5. The molecule has 0 spiro atoms. The van der Waals surface area contributed by atoms with E-state index in [0.29, 0.717) is 35.4 Å². The molecule has 8 nitrogen and oxygen atoms in total. The van der Waals surface area contributed by atoms with Crippen molar-refractivity contribution in [3.05, 3.63) is 100 Å². The Labute approximate surface area is 225 Å². The fourth-order valence-electron chi connectivity index (χ4n) is 3.40. The maximum absolute atomic E-state index is 12.5. The van der Waals surface area contributed by atoms with E-state index in [0.717, 1.165) is 28.3 Å². The zero-order valence-corrected chi connectivity index (χ0v) is 21.8. The lowest BCUT2D eigenvalue weighted by atomic mass is 10.1. The molecule has 4 aromatic rings. The Balaban J connectivity index is 1.36. The number of nitrogens with zero attached hydrogens (tertiary/aromatic N) is 3. The van der Waals surface area contributed by atoms with Crippen LogP contribution in [0.2, 0.25) is 0 Å². The van der Waals surface area contributed by atoms with E-state index in [1.54, 1.807) is 18.2 Å². The van der Waals surface area contributed by atoms with Gasteiger partial charge in [0.25, 0.3) is 5.91 Å². The Hall–Kier alpha value is -4.68. The largest absolute Gasteiger partial charge is 0.493 e. The van der Waals surface area contributed by atoms with E-state index in [1.165, 1.54) is 24.5 Å². The van der Waals surface area contributed by atoms with Crippen molar-refractivity contribution in [1.82, 2.24) is 10.2 Å². The highest BCUT2D eigenvalue weighted by Crippen LogP contribution is 2.30. The lowest BCUT2D eigenvalue weighted by molar-refractivity contribution is -0.112. The van der Waals surface area contributed by atoms with Gasteiger partial charge in [-0.05, 0) is 53.5 Å². The fraction of sp³-hybridized carbons (Fsp3) is 0.172. The summed E-state index contributed by atoms with van der Waals surface area (Å²) in [5.74, 6) is 1.25. The predicted molar refractivity (Wildman–Crippen MR) is 146 cm³/mol. The van der Waals surface area contributed by atoms with E-state index in [9.17, 15) is 10.1 Å². The Morgan fingerprint density at radius 2 is 1.71 bits per heavy atom. The molecular formula is C29H26N4O4S. The Kier molecular flexibility index (Phi) is 9.05. The first-order valence-electron chi connectivity index (χ1n) is 11.9. The van der Waals surface area contributed by atoms with E-state index in [4.69, 9.17) is 14.2 Å². The van der Waals surface area contributed by atoms with E-state index >= 15 is 0 Å². The monoisotopic (exact) mass is 526 g/mol. The van der Waals surface area contributed by atoms with Crippen LogP contribution in [0.25, 0.3) is 6.08 Å². The molecular weight excluding hydrogens is 500 g/mol. The van der Waals surface area contributed by atoms with Crippen molar-refractivity contribution in [2.24, 2.45) is 0 Å². The van der Waals surface area contributed by atoms with Crippen LogP contribution in [0.5, 0.6) is 17.2 Å². The van der Waals surface area contributed by atoms with Gasteiger partial charge in [0.15, 0.2) is 11.5 Å². The zero-order chi connectivity index (χ0) is 26.7. The van der Waals surface area contributed by atoms with Gasteiger partial charge in [-0.1, -0.05) is 66.8 Å². The molecule has 192 valence electrons. The normalized spacial score (nSPS) is 10.9. The standard InChI is InChI=1S/C29H26N4O4S/c1-3-27-32-33-29(38-27)31-28(34)23(17-30)15-22-11-14-25(26(16-22)35-2)37-19-21-9-12-24(13-10-21)36-18-20-7-5-4-6-8-20/h4-16H,3,18-19H2,1-2H3,(H,31,33,34)/b23-15+. The molecule has 0 atom stereocenters. The van der Waals surface area contributed by atoms with E-state index in [-0.39, 0.29) is 5.57 Å². The topological polar surface area (TPSA) is 106 Å². The second-order valence-electron chi connectivity index (χ2n) is 8.10. The Morgan fingerprint density at radius 3 is 2.39 bits per heavy atom. The molecule has 0 aliphatic rings. The van der Waals surface area contributed by atoms with Crippen molar-refractivity contribution in [2.45, 2.75) is 26.6 Å². The number of benzene rings is 3. The number of aromatic nitrogens is 2. The Morgan fingerprint density at radius 1 is 0.974 bits per heavy atom. The summed E-state index contributed by atoms with van der Waals surface area (Å²) < 4.78 is 17.3. The summed E-state index contributed by atoms with van der Waals surface area (Å²) in [5, 5.41) is 21.2. The minimum absolute atomic E-state index is 0.0662. The minimum Gasteiger partial charge on any atom is -0.493 e. The number of hydrogen-bond acceptors (Lipinski definition) is 8. The van der Waals surface area contributed by atoms with Crippen molar-refractivity contribution >= 4 is 28.5 Å². The van der Waals surface area contributed by atoms with Crippen LogP contribution in [-0.4, -0.2) is 23.2 Å². The number of nitriles is 1. The van der Waals surface area contributed by atoms with E-state index < -0.39 is 5.91 Å². The fourth-order valence-corrected chi connectivity index (χ4v) is 4.08. The van der Waals surface area contributed by atoms with Gasteiger partial charge in [0, 0.05) is 0 Å². The summed E-state index contributed by atoms with van der Waals surface area (Å²) in [6, 6.07) is 24.8. The number of rotatable bonds is 11. The van der Waals surface area contributed by atoms with Crippen molar-refractivity contribution in [3.8, 4) is 23.3 Å². The molecule has 1 amide bonds. The van der Waals surface area contributed by atoms with Gasteiger partial charge in [0.2, 0.25) is 5.13 Å². The zero-order valence-electron chi connectivity index (χ0n) is 21.0. The van der Waals surface area contributed by atoms with Crippen molar-refractivity contribution in [2.75, 3.05) is 12.4 Å². The highest BCUT2D eigenvalue weighted by molar-refractivity contribution is 7.15. The second-order valence-corrected chi connectivity index (χ2v) is 9.16. The summed E-state index contributed by atoms with van der Waals surface area (Å²) in [5.41, 5.74) is 2.63. The molecule has 0 saturated heterocycles. The second kappa shape index (κ2) is 13.0. The van der Waals surface area contributed by atoms with Gasteiger partial charge in [0.1, 0.15) is 35.6 Å². The lowest BCUT2D eigenvalue weighted by Gasteiger charge is -2.12. The SMILES string of the molecule is CCc1nnc(NC(=O)/C(C#N)=C/c2ccc(OCc3ccc(OCc4ccccc4)cc3)c(OC)c2)s1. The number of aryl methyl sites for hydroxylation is 1. The number of nitrogens with one attached hydrogen (secondary N) is 1. The summed E-state index contributed by atoms with van der Waals surface area (Å²) in [6.07, 6.45) is 2.20. The molecule has 9 heteroatoms. The molecule has 0 unspecified atom stereocenters. The van der Waals surface area contributed by atoms with Gasteiger partial charge in [0.05, 0.1) is 7.11 Å². The smallest absolute Gasteiger partial charge is 0.268 e. The van der Waals surface area contributed by atoms with Crippen LogP contribution in [0.1, 0.15) is 28.6 Å². The highest BCUT2D eigenvalue weighted by atomic mass is 32.1. The first-order chi connectivity index (χ1) is 18.6. The highest BCUT2D eigenvalue weighted by Gasteiger charge is 2.14. The summed E-state index contributed by atoms with van der Waals surface area (Å²) in [4.78, 5) is 12.5. The van der Waals surface area contributed by atoms with Gasteiger partial charge < -0.3 is 14.2 Å². The number of carbonyl (C=O) groups excluding carboxylic acids is 1. The van der Waals surface area contributed by atoms with Crippen LogP contribution in [-0.2, 0) is 24.4 Å². The molecule has 3 aromatic carbocycles. The van der Waals surface area contributed by atoms with Crippen LogP contribution in [0.3, 0.4) is 0 Å². The van der Waals surface area contributed by atoms with Crippen LogP contribution in [0.4, 0.5) is 5.13 Å². The summed E-state index contributed by atoms with van der Waals surface area (Å²) in [6.45, 7) is 2.79. The number of methoxy groups -OCH3 is 1. The lowest BCUT2D eigenvalue weighted by Crippen LogP contribution is -2.13. The van der Waals surface area contributed by atoms with Crippen LogP contribution >= 0.6 is 11.3 Å². The molecule has 0 aliphatic carbocycles. The maximum Gasteiger partial charge on any atom is 0.268 e. The molecule has 4 rings (SSSR count). The molecule has 0 bridgehead atoms. The number of ether oxygens (including phenoxy) is 3. The molecule has 1 heterocycles. The summed E-state index contributed by atoms with van der Waals surface area (Å²) in [7, 11) is 1.53. The molecule has 1 N–H and O–H groups in total. The van der Waals surface area contributed by atoms with Crippen molar-refractivity contribution in [3.63, 3.8) is 0 Å². The van der Waals surface area contributed by atoms with Crippen LogP contribution in [0.15, 0.2) is 78.4 Å². The van der Waals surface area contributed by atoms with Gasteiger partial charge in [-0.15, -0.1) is 10.2 Å². The van der Waals surface area contributed by atoms with Crippen molar-refractivity contribution < 1.29 is 19.0 Å². The van der Waals surface area contributed by atoms with Crippen LogP contribution < -0.4 is 19.5 Å². The van der Waals surface area contributed by atoms with Gasteiger partial charge in [-0.3, -0.25) is 10.1 Å². The number of hydrogen-bond donors (Lipinski definition) is 1. The first kappa shape index (κ1) is 26.4. The first-order valence-corrected chi connectivity index (χ1v) is 12.7. The summed E-state index contributed by atoms with van der Waals surface area (Å²) >= 11 is 1.27. The quantitative estimate of drug-likeness (QED) is 0.194. The molecule has 1 aromatic heterocycles. The third kappa shape index (κ3) is 7.18. The van der Waals surface area contributed by atoms with E-state index in [1.807, 2.05) is 67.6 Å². The number of anilines is 1. The molecule has 0 radical (unpaired) electrons. The molecule has 38 heavy (non-hydrogen) atoms. The molecule has 0 aliphatic heterocycles. The third-order valence-electron chi connectivity index (χ3n) is 5.42. The minimum atomic E-state index is -0.554. The van der Waals surface area contributed by atoms with Gasteiger partial charge in [-0.25, -0.2) is 0 Å². The van der Waals surface area contributed by atoms with E-state index in [2.05, 4.69) is 15.5 Å². The van der Waals surface area contributed by atoms with Crippen LogP contribution in [0, 0.1) is 11.3 Å². The average Bonchev–Trinajstić information content (AvgIpc) is 3.42. The predicted octanol–water partition coefficient (Wildman–Crippen LogP) is 5.81. The number of amides is 1. The number of carbonyl (C=O) groups is 1.